The molecule has 1 saturated heterocycles. The van der Waals surface area contributed by atoms with Gasteiger partial charge in [0.05, 0.1) is 17.4 Å². The van der Waals surface area contributed by atoms with Crippen LogP contribution in [0.4, 0.5) is 0 Å². The van der Waals surface area contributed by atoms with Gasteiger partial charge in [-0.25, -0.2) is 9.67 Å². The van der Waals surface area contributed by atoms with Crippen LogP contribution in [-0.2, 0) is 9.31 Å². The standard InChI is InChI=1S/C13H17BN4O2/c1-12(2)13(3,4)20-14(19-12)10-7-17-18(9-10)11-8-15-5-6-16-11/h5-9H,1-4H3. The zero-order chi connectivity index (χ0) is 14.4. The van der Waals surface area contributed by atoms with Gasteiger partial charge in [-0.05, 0) is 27.7 Å². The minimum atomic E-state index is -0.412. The van der Waals surface area contributed by atoms with E-state index >= 15 is 0 Å². The molecule has 0 spiro atoms. The van der Waals surface area contributed by atoms with Gasteiger partial charge in [0.25, 0.3) is 0 Å². The van der Waals surface area contributed by atoms with Gasteiger partial charge in [-0.15, -0.1) is 0 Å². The molecule has 0 saturated carbocycles. The first-order valence-corrected chi connectivity index (χ1v) is 6.56. The molecular formula is C13H17BN4O2. The van der Waals surface area contributed by atoms with Crippen molar-refractivity contribution < 1.29 is 9.31 Å². The van der Waals surface area contributed by atoms with Crippen molar-refractivity contribution in [1.29, 1.82) is 0 Å². The summed E-state index contributed by atoms with van der Waals surface area (Å²) in [6.07, 6.45) is 8.50. The van der Waals surface area contributed by atoms with Crippen LogP contribution in [0.3, 0.4) is 0 Å². The molecule has 1 fully saturated rings. The van der Waals surface area contributed by atoms with Crippen molar-refractivity contribution >= 4 is 12.6 Å². The number of aromatic nitrogens is 4. The Hall–Kier alpha value is -1.73. The van der Waals surface area contributed by atoms with Crippen molar-refractivity contribution in [3.8, 4) is 5.82 Å². The van der Waals surface area contributed by atoms with Crippen LogP contribution >= 0.6 is 0 Å². The fraction of sp³-hybridized carbons (Fsp3) is 0.462. The first-order valence-electron chi connectivity index (χ1n) is 6.56. The Morgan fingerprint density at radius 2 is 1.75 bits per heavy atom. The number of rotatable bonds is 2. The number of hydrogen-bond acceptors (Lipinski definition) is 5. The minimum Gasteiger partial charge on any atom is -0.399 e. The van der Waals surface area contributed by atoms with E-state index in [4.69, 9.17) is 9.31 Å². The van der Waals surface area contributed by atoms with Gasteiger partial charge in [0.2, 0.25) is 0 Å². The topological polar surface area (TPSA) is 62.1 Å². The van der Waals surface area contributed by atoms with Crippen molar-refractivity contribution in [2.75, 3.05) is 0 Å². The van der Waals surface area contributed by atoms with E-state index in [2.05, 4.69) is 15.1 Å². The highest BCUT2D eigenvalue weighted by molar-refractivity contribution is 6.62. The molecule has 1 aliphatic heterocycles. The molecule has 1 aliphatic rings. The van der Waals surface area contributed by atoms with Crippen molar-refractivity contribution in [2.24, 2.45) is 0 Å². The highest BCUT2D eigenvalue weighted by Crippen LogP contribution is 2.36. The summed E-state index contributed by atoms with van der Waals surface area (Å²) < 4.78 is 13.6. The Kier molecular flexibility index (Phi) is 2.91. The molecule has 2 aromatic rings. The lowest BCUT2D eigenvalue weighted by Crippen LogP contribution is -2.41. The molecule has 3 rings (SSSR count). The summed E-state index contributed by atoms with van der Waals surface area (Å²) in [4.78, 5) is 8.23. The van der Waals surface area contributed by atoms with E-state index in [0.717, 1.165) is 5.46 Å². The number of hydrogen-bond donors (Lipinski definition) is 0. The predicted octanol–water partition coefficient (Wildman–Crippen LogP) is 0.961. The highest BCUT2D eigenvalue weighted by atomic mass is 16.7. The summed E-state index contributed by atoms with van der Waals surface area (Å²) in [6.45, 7) is 8.11. The maximum Gasteiger partial charge on any atom is 0.498 e. The fourth-order valence-electron chi connectivity index (χ4n) is 1.97. The van der Waals surface area contributed by atoms with Gasteiger partial charge in [0.1, 0.15) is 0 Å². The van der Waals surface area contributed by atoms with Gasteiger partial charge < -0.3 is 9.31 Å². The van der Waals surface area contributed by atoms with Crippen LogP contribution in [0.2, 0.25) is 0 Å². The Bertz CT molecular complexity index is 596. The summed E-state index contributed by atoms with van der Waals surface area (Å²) in [5, 5.41) is 4.28. The second-order valence-corrected chi connectivity index (χ2v) is 5.87. The quantitative estimate of drug-likeness (QED) is 0.762. The van der Waals surface area contributed by atoms with Crippen molar-refractivity contribution in [3.63, 3.8) is 0 Å². The molecule has 0 amide bonds. The summed E-state index contributed by atoms with van der Waals surface area (Å²) in [5.41, 5.74) is 0.160. The SMILES string of the molecule is CC1(C)OB(c2cnn(-c3cnccn3)c2)OC1(C)C. The van der Waals surface area contributed by atoms with Gasteiger partial charge in [-0.3, -0.25) is 4.98 Å². The molecule has 0 radical (unpaired) electrons. The van der Waals surface area contributed by atoms with Crippen LogP contribution in [0.25, 0.3) is 5.82 Å². The molecule has 0 N–H and O–H groups in total. The minimum absolute atomic E-state index is 0.355. The molecule has 0 atom stereocenters. The maximum atomic E-state index is 5.99. The van der Waals surface area contributed by atoms with E-state index in [1.165, 1.54) is 0 Å². The average Bonchev–Trinajstić information content (AvgIpc) is 2.94. The van der Waals surface area contributed by atoms with Crippen LogP contribution in [0.1, 0.15) is 27.7 Å². The highest BCUT2D eigenvalue weighted by Gasteiger charge is 2.52. The van der Waals surface area contributed by atoms with E-state index in [0.29, 0.717) is 5.82 Å². The molecule has 0 bridgehead atoms. The smallest absolute Gasteiger partial charge is 0.399 e. The Morgan fingerprint density at radius 3 is 2.35 bits per heavy atom. The van der Waals surface area contributed by atoms with Crippen molar-refractivity contribution in [1.82, 2.24) is 19.7 Å². The molecule has 0 aliphatic carbocycles. The molecule has 104 valence electrons. The molecule has 0 aromatic carbocycles. The molecule has 3 heterocycles. The third kappa shape index (κ3) is 2.12. The van der Waals surface area contributed by atoms with E-state index in [1.807, 2.05) is 33.9 Å². The first-order chi connectivity index (χ1) is 9.39. The van der Waals surface area contributed by atoms with Crippen LogP contribution in [-0.4, -0.2) is 38.1 Å². The zero-order valence-corrected chi connectivity index (χ0v) is 12.1. The van der Waals surface area contributed by atoms with E-state index in [-0.39, 0.29) is 11.2 Å². The molecule has 7 heteroatoms. The average molecular weight is 272 g/mol. The molecule has 2 aromatic heterocycles. The van der Waals surface area contributed by atoms with E-state index < -0.39 is 7.12 Å². The second kappa shape index (κ2) is 4.39. The van der Waals surface area contributed by atoms with Crippen LogP contribution in [0.15, 0.2) is 31.0 Å². The van der Waals surface area contributed by atoms with Gasteiger partial charge in [0.15, 0.2) is 5.82 Å². The second-order valence-electron chi connectivity index (χ2n) is 5.87. The van der Waals surface area contributed by atoms with Crippen molar-refractivity contribution in [2.45, 2.75) is 38.9 Å². The van der Waals surface area contributed by atoms with Crippen molar-refractivity contribution in [3.05, 3.63) is 31.0 Å². The third-order valence-electron chi connectivity index (χ3n) is 3.91. The summed E-state index contributed by atoms with van der Waals surface area (Å²) in [5.74, 6) is 0.662. The van der Waals surface area contributed by atoms with E-state index in [1.54, 1.807) is 29.5 Å². The summed E-state index contributed by atoms with van der Waals surface area (Å²) in [6, 6.07) is 0. The van der Waals surface area contributed by atoms with Gasteiger partial charge >= 0.3 is 7.12 Å². The predicted molar refractivity (Wildman–Crippen MR) is 74.9 cm³/mol. The fourth-order valence-corrected chi connectivity index (χ4v) is 1.97. The third-order valence-corrected chi connectivity index (χ3v) is 3.91. The first kappa shape index (κ1) is 13.3. The Balaban J connectivity index is 1.86. The lowest BCUT2D eigenvalue weighted by Gasteiger charge is -2.32. The van der Waals surface area contributed by atoms with Crippen LogP contribution < -0.4 is 5.46 Å². The normalized spacial score (nSPS) is 20.3. The van der Waals surface area contributed by atoms with E-state index in [9.17, 15) is 0 Å². The zero-order valence-electron chi connectivity index (χ0n) is 12.1. The molecular weight excluding hydrogens is 255 g/mol. The van der Waals surface area contributed by atoms with Crippen LogP contribution in [0.5, 0.6) is 0 Å². The van der Waals surface area contributed by atoms with Gasteiger partial charge in [-0.1, -0.05) is 0 Å². The van der Waals surface area contributed by atoms with Gasteiger partial charge in [-0.2, -0.15) is 5.10 Å². The largest absolute Gasteiger partial charge is 0.498 e. The summed E-state index contributed by atoms with van der Waals surface area (Å²) in [7, 11) is -0.412. The maximum absolute atomic E-state index is 5.99. The molecule has 0 unspecified atom stereocenters. The summed E-state index contributed by atoms with van der Waals surface area (Å²) >= 11 is 0. The molecule has 6 nitrogen and oxygen atoms in total. The lowest BCUT2D eigenvalue weighted by molar-refractivity contribution is 0.00578. The van der Waals surface area contributed by atoms with Gasteiger partial charge in [0, 0.05) is 30.3 Å². The Morgan fingerprint density at radius 1 is 1.05 bits per heavy atom. The lowest BCUT2D eigenvalue weighted by atomic mass is 9.82. The van der Waals surface area contributed by atoms with Crippen LogP contribution in [0, 0.1) is 0 Å². The number of nitrogens with zero attached hydrogens (tertiary/aromatic N) is 4. The Labute approximate surface area is 118 Å². The molecule has 20 heavy (non-hydrogen) atoms. The monoisotopic (exact) mass is 272 g/mol.